The number of hydrogen-bond acceptors (Lipinski definition) is 2. The highest BCUT2D eigenvalue weighted by Crippen LogP contribution is 2.69. The molecule has 0 aliphatic heterocycles. The van der Waals surface area contributed by atoms with Gasteiger partial charge in [-0.15, -0.1) is 0 Å². The van der Waals surface area contributed by atoms with Gasteiger partial charge in [-0.2, -0.15) is 0 Å². The van der Waals surface area contributed by atoms with Crippen molar-refractivity contribution in [1.82, 2.24) is 0 Å². The summed E-state index contributed by atoms with van der Waals surface area (Å²) in [7, 11) is 0. The van der Waals surface area contributed by atoms with E-state index in [1.165, 1.54) is 0 Å². The van der Waals surface area contributed by atoms with Crippen LogP contribution in [0.4, 0.5) is 0 Å². The van der Waals surface area contributed by atoms with Gasteiger partial charge in [0, 0.05) is 6.42 Å². The lowest BCUT2D eigenvalue weighted by Crippen LogP contribution is -2.17. The Bertz CT molecular complexity index is 321. The fourth-order valence-corrected chi connectivity index (χ4v) is 2.98. The zero-order valence-electron chi connectivity index (χ0n) is 9.95. The van der Waals surface area contributed by atoms with Gasteiger partial charge in [0.15, 0.2) is 0 Å². The molecule has 0 bridgehead atoms. The van der Waals surface area contributed by atoms with Gasteiger partial charge in [-0.25, -0.2) is 0 Å². The van der Waals surface area contributed by atoms with E-state index in [-0.39, 0.29) is 16.9 Å². The Morgan fingerprint density at radius 2 is 1.93 bits per heavy atom. The van der Waals surface area contributed by atoms with Crippen molar-refractivity contribution in [3.8, 4) is 0 Å². The van der Waals surface area contributed by atoms with Crippen LogP contribution in [-0.2, 0) is 6.42 Å². The van der Waals surface area contributed by atoms with Gasteiger partial charge < -0.3 is 9.52 Å². The van der Waals surface area contributed by atoms with Crippen LogP contribution in [0.3, 0.4) is 0 Å². The van der Waals surface area contributed by atoms with Crippen LogP contribution in [0.2, 0.25) is 0 Å². The second-order valence-corrected chi connectivity index (χ2v) is 5.82. The monoisotopic (exact) mass is 208 g/mol. The molecule has 1 heterocycles. The standard InChI is InChI=1S/C13H20O2/c1-12(2)11(13(12,3)4)10(14)7-9-5-6-15-8-9/h5-6,8,10-11,14H,7H2,1-4H3. The fraction of sp³-hybridized carbons (Fsp3) is 0.692. The van der Waals surface area contributed by atoms with Gasteiger partial charge in [-0.1, -0.05) is 27.7 Å². The first-order valence-electron chi connectivity index (χ1n) is 5.56. The van der Waals surface area contributed by atoms with Crippen LogP contribution in [0.5, 0.6) is 0 Å². The van der Waals surface area contributed by atoms with Gasteiger partial charge in [0.05, 0.1) is 18.6 Å². The third kappa shape index (κ3) is 1.51. The Labute approximate surface area is 91.3 Å². The Balaban J connectivity index is 2.02. The molecule has 0 radical (unpaired) electrons. The van der Waals surface area contributed by atoms with Crippen LogP contribution in [0.1, 0.15) is 33.3 Å². The maximum absolute atomic E-state index is 10.2. The Hall–Kier alpha value is -0.760. The van der Waals surface area contributed by atoms with E-state index in [2.05, 4.69) is 27.7 Å². The van der Waals surface area contributed by atoms with Crippen molar-refractivity contribution in [1.29, 1.82) is 0 Å². The summed E-state index contributed by atoms with van der Waals surface area (Å²) in [6.45, 7) is 8.93. The third-order valence-corrected chi connectivity index (χ3v) is 4.54. The average Bonchev–Trinajstić information content (AvgIpc) is 2.53. The van der Waals surface area contributed by atoms with Crippen molar-refractivity contribution < 1.29 is 9.52 Å². The molecule has 0 spiro atoms. The van der Waals surface area contributed by atoms with E-state index in [0.29, 0.717) is 12.3 Å². The van der Waals surface area contributed by atoms with Crippen LogP contribution in [0.15, 0.2) is 23.0 Å². The van der Waals surface area contributed by atoms with Crippen molar-refractivity contribution in [2.45, 2.75) is 40.2 Å². The van der Waals surface area contributed by atoms with E-state index in [1.54, 1.807) is 12.5 Å². The first-order chi connectivity index (χ1) is 6.87. The highest BCUT2D eigenvalue weighted by Gasteiger charge is 2.66. The van der Waals surface area contributed by atoms with Crippen molar-refractivity contribution in [3.05, 3.63) is 24.2 Å². The van der Waals surface area contributed by atoms with Crippen molar-refractivity contribution in [2.75, 3.05) is 0 Å². The Kier molecular flexibility index (Phi) is 2.23. The smallest absolute Gasteiger partial charge is 0.0935 e. The molecule has 2 heteroatoms. The van der Waals surface area contributed by atoms with Crippen molar-refractivity contribution >= 4 is 0 Å². The van der Waals surface area contributed by atoms with Gasteiger partial charge in [-0.05, 0) is 28.4 Å². The summed E-state index contributed by atoms with van der Waals surface area (Å²) in [4.78, 5) is 0. The van der Waals surface area contributed by atoms with E-state index in [0.717, 1.165) is 5.56 Å². The van der Waals surface area contributed by atoms with E-state index < -0.39 is 0 Å². The lowest BCUT2D eigenvalue weighted by Gasteiger charge is -2.11. The molecule has 1 unspecified atom stereocenters. The van der Waals surface area contributed by atoms with Crippen LogP contribution in [0.25, 0.3) is 0 Å². The summed E-state index contributed by atoms with van der Waals surface area (Å²) in [5.74, 6) is 0.389. The minimum atomic E-state index is -0.257. The molecule has 1 saturated carbocycles. The van der Waals surface area contributed by atoms with Gasteiger partial charge >= 0.3 is 0 Å². The number of aliphatic hydroxyl groups excluding tert-OH is 1. The second-order valence-electron chi connectivity index (χ2n) is 5.82. The molecule has 1 aromatic heterocycles. The fourth-order valence-electron chi connectivity index (χ4n) is 2.98. The molecular weight excluding hydrogens is 188 g/mol. The molecule has 0 amide bonds. The largest absolute Gasteiger partial charge is 0.472 e. The minimum Gasteiger partial charge on any atom is -0.472 e. The molecule has 1 aliphatic carbocycles. The quantitative estimate of drug-likeness (QED) is 0.828. The first-order valence-corrected chi connectivity index (χ1v) is 5.56. The van der Waals surface area contributed by atoms with E-state index >= 15 is 0 Å². The summed E-state index contributed by atoms with van der Waals surface area (Å²) >= 11 is 0. The number of furan rings is 1. The van der Waals surface area contributed by atoms with Gasteiger partial charge in [0.25, 0.3) is 0 Å². The van der Waals surface area contributed by atoms with E-state index in [9.17, 15) is 5.11 Å². The lowest BCUT2D eigenvalue weighted by atomic mass is 10.0. The van der Waals surface area contributed by atoms with Crippen molar-refractivity contribution in [3.63, 3.8) is 0 Å². The molecular formula is C13H20O2. The van der Waals surface area contributed by atoms with Crippen LogP contribution < -0.4 is 0 Å². The molecule has 84 valence electrons. The highest BCUT2D eigenvalue weighted by atomic mass is 16.3. The molecule has 1 atom stereocenters. The summed E-state index contributed by atoms with van der Waals surface area (Å²) < 4.78 is 5.01. The summed E-state index contributed by atoms with van der Waals surface area (Å²) in [6.07, 6.45) is 3.82. The van der Waals surface area contributed by atoms with E-state index in [4.69, 9.17) is 4.42 Å². The van der Waals surface area contributed by atoms with Crippen LogP contribution in [-0.4, -0.2) is 11.2 Å². The van der Waals surface area contributed by atoms with Crippen LogP contribution >= 0.6 is 0 Å². The van der Waals surface area contributed by atoms with Gasteiger partial charge in [-0.3, -0.25) is 0 Å². The molecule has 1 aromatic rings. The Morgan fingerprint density at radius 1 is 1.33 bits per heavy atom. The maximum Gasteiger partial charge on any atom is 0.0935 e. The van der Waals surface area contributed by atoms with Gasteiger partial charge in [0.1, 0.15) is 0 Å². The lowest BCUT2D eigenvalue weighted by molar-refractivity contribution is 0.129. The minimum absolute atomic E-state index is 0.246. The molecule has 1 N–H and O–H groups in total. The Morgan fingerprint density at radius 3 is 2.33 bits per heavy atom. The van der Waals surface area contributed by atoms with Gasteiger partial charge in [0.2, 0.25) is 0 Å². The molecule has 2 rings (SSSR count). The normalized spacial score (nSPS) is 25.1. The number of hydrogen-bond donors (Lipinski definition) is 1. The molecule has 0 saturated heterocycles. The summed E-state index contributed by atoms with van der Waals surface area (Å²) in [6, 6.07) is 1.92. The summed E-state index contributed by atoms with van der Waals surface area (Å²) in [5.41, 5.74) is 1.58. The first kappa shape index (κ1) is 10.7. The number of aliphatic hydroxyl groups is 1. The maximum atomic E-state index is 10.2. The molecule has 1 fully saturated rings. The summed E-state index contributed by atoms with van der Waals surface area (Å²) in [5, 5.41) is 10.2. The molecule has 0 aromatic carbocycles. The van der Waals surface area contributed by atoms with Crippen LogP contribution in [0, 0.1) is 16.7 Å². The third-order valence-electron chi connectivity index (χ3n) is 4.54. The van der Waals surface area contributed by atoms with Crippen molar-refractivity contribution in [2.24, 2.45) is 16.7 Å². The zero-order chi connectivity index (χ0) is 11.3. The topological polar surface area (TPSA) is 33.4 Å². The molecule has 1 aliphatic rings. The number of rotatable bonds is 3. The molecule has 15 heavy (non-hydrogen) atoms. The second kappa shape index (κ2) is 3.11. The van der Waals surface area contributed by atoms with E-state index in [1.807, 2.05) is 6.07 Å². The predicted octanol–water partition coefficient (Wildman–Crippen LogP) is 2.87. The SMILES string of the molecule is CC1(C)C(C(O)Cc2ccoc2)C1(C)C. The molecule has 2 nitrogen and oxygen atoms in total. The predicted molar refractivity (Wildman–Crippen MR) is 59.5 cm³/mol. The highest BCUT2D eigenvalue weighted by molar-refractivity contribution is 5.17. The average molecular weight is 208 g/mol. The zero-order valence-corrected chi connectivity index (χ0v) is 9.95.